The van der Waals surface area contributed by atoms with Crippen LogP contribution in [0, 0.1) is 5.41 Å². The maximum absolute atomic E-state index is 14.2. The van der Waals surface area contributed by atoms with Crippen LogP contribution in [0.2, 0.25) is 0 Å². The van der Waals surface area contributed by atoms with Crippen LogP contribution in [0.15, 0.2) is 84.9 Å². The van der Waals surface area contributed by atoms with Crippen LogP contribution in [0.25, 0.3) is 0 Å². The van der Waals surface area contributed by atoms with E-state index in [1.807, 2.05) is 84.9 Å². The molecule has 0 aromatic heterocycles. The van der Waals surface area contributed by atoms with Crippen LogP contribution in [0.4, 0.5) is 5.69 Å². The summed E-state index contributed by atoms with van der Waals surface area (Å²) < 4.78 is 28.3. The van der Waals surface area contributed by atoms with Crippen LogP contribution < -0.4 is 10.2 Å². The molecule has 266 valence electrons. The van der Waals surface area contributed by atoms with Crippen molar-refractivity contribution < 1.29 is 32.3 Å². The summed E-state index contributed by atoms with van der Waals surface area (Å²) in [6.07, 6.45) is 5.95. The number of nitrogens with one attached hydrogen (secondary N) is 1. The van der Waals surface area contributed by atoms with Gasteiger partial charge >= 0.3 is 5.97 Å². The van der Waals surface area contributed by atoms with Gasteiger partial charge in [-0.15, -0.1) is 0 Å². The Morgan fingerprint density at radius 1 is 0.900 bits per heavy atom. The highest BCUT2D eigenvalue weighted by Gasteiger charge is 2.48. The molecular weight excluding hydrogens is 655 g/mol. The molecule has 0 bridgehead atoms. The number of carbonyl (C=O) groups excluding carboxylic acids is 4. The van der Waals surface area contributed by atoms with Crippen molar-refractivity contribution >= 4 is 39.2 Å². The minimum atomic E-state index is -3.08. The van der Waals surface area contributed by atoms with Gasteiger partial charge in [-0.05, 0) is 54.5 Å². The lowest BCUT2D eigenvalue weighted by Gasteiger charge is -2.31. The van der Waals surface area contributed by atoms with Crippen LogP contribution in [0.3, 0.4) is 0 Å². The maximum atomic E-state index is 14.2. The number of nitrogens with zero attached hydrogens (tertiary/aromatic N) is 2. The molecule has 1 N–H and O–H groups in total. The van der Waals surface area contributed by atoms with Gasteiger partial charge in [0.05, 0.1) is 7.11 Å². The van der Waals surface area contributed by atoms with Gasteiger partial charge in [-0.1, -0.05) is 92.1 Å². The first-order valence-electron chi connectivity index (χ1n) is 17.3. The molecule has 0 radical (unpaired) electrons. The van der Waals surface area contributed by atoms with Crippen molar-refractivity contribution in [1.29, 1.82) is 0 Å². The second-order valence-electron chi connectivity index (χ2n) is 13.6. The number of ether oxygens (including phenoxy) is 1. The van der Waals surface area contributed by atoms with Crippen molar-refractivity contribution in [2.75, 3.05) is 24.0 Å². The number of hydrogen-bond acceptors (Lipinski definition) is 7. The third-order valence-corrected chi connectivity index (χ3v) is 11.0. The summed E-state index contributed by atoms with van der Waals surface area (Å²) in [7, 11) is -1.79. The summed E-state index contributed by atoms with van der Waals surface area (Å²) in [6, 6.07) is 24.8. The Morgan fingerprint density at radius 3 is 2.10 bits per heavy atom. The number of rotatable bonds is 14. The maximum Gasteiger partial charge on any atom is 0.328 e. The molecule has 2 aliphatic rings. The molecule has 1 saturated heterocycles. The van der Waals surface area contributed by atoms with E-state index in [0.717, 1.165) is 29.5 Å². The zero-order valence-corrected chi connectivity index (χ0v) is 29.9. The normalized spacial score (nSPS) is 19.3. The molecule has 0 spiro atoms. The molecule has 2 fully saturated rings. The average molecular weight is 702 g/mol. The summed E-state index contributed by atoms with van der Waals surface area (Å²) in [5.74, 6) is -1.08. The van der Waals surface area contributed by atoms with Crippen LogP contribution in [-0.4, -0.2) is 68.2 Å². The molecule has 3 atom stereocenters. The molecule has 3 amide bonds. The van der Waals surface area contributed by atoms with E-state index in [9.17, 15) is 27.6 Å². The highest BCUT2D eigenvalue weighted by molar-refractivity contribution is 7.90. The van der Waals surface area contributed by atoms with Gasteiger partial charge in [0.15, 0.2) is 0 Å². The molecule has 10 nitrogen and oxygen atoms in total. The molecule has 5 rings (SSSR count). The first kappa shape index (κ1) is 36.8. The number of amides is 3. The third kappa shape index (κ3) is 8.61. The van der Waals surface area contributed by atoms with E-state index in [4.69, 9.17) is 4.74 Å². The number of unbranched alkanes of at least 4 members (excludes halogenated alkanes) is 1. The Morgan fingerprint density at radius 2 is 1.52 bits per heavy atom. The minimum absolute atomic E-state index is 0.0844. The molecule has 1 aliphatic carbocycles. The first-order valence-corrected chi connectivity index (χ1v) is 19.3. The quantitative estimate of drug-likeness (QED) is 0.181. The van der Waals surface area contributed by atoms with Gasteiger partial charge in [0, 0.05) is 42.9 Å². The molecule has 1 aliphatic heterocycles. The van der Waals surface area contributed by atoms with E-state index in [1.54, 1.807) is 9.80 Å². The summed E-state index contributed by atoms with van der Waals surface area (Å²) in [5.41, 5.74) is 2.47. The molecule has 1 heterocycles. The average Bonchev–Trinajstić information content (AvgIpc) is 3.70. The number of benzene rings is 3. The van der Waals surface area contributed by atoms with Crippen molar-refractivity contribution in [3.8, 4) is 0 Å². The topological polar surface area (TPSA) is 130 Å². The fourth-order valence-corrected chi connectivity index (χ4v) is 8.19. The highest BCUT2D eigenvalue weighted by atomic mass is 32.2. The molecule has 1 saturated carbocycles. The number of esters is 1. The van der Waals surface area contributed by atoms with Gasteiger partial charge < -0.3 is 15.0 Å². The predicted molar refractivity (Wildman–Crippen MR) is 192 cm³/mol. The zero-order valence-electron chi connectivity index (χ0n) is 29.0. The van der Waals surface area contributed by atoms with E-state index in [1.165, 1.54) is 20.3 Å². The monoisotopic (exact) mass is 701 g/mol. The molecule has 3 aromatic rings. The van der Waals surface area contributed by atoms with Gasteiger partial charge in [0.25, 0.3) is 5.91 Å². The Kier molecular flexibility index (Phi) is 11.8. The second-order valence-corrected chi connectivity index (χ2v) is 15.9. The van der Waals surface area contributed by atoms with Gasteiger partial charge in [-0.2, -0.15) is 0 Å². The predicted octanol–water partition coefficient (Wildman–Crippen LogP) is 5.17. The summed E-state index contributed by atoms with van der Waals surface area (Å²) >= 11 is 0. The van der Waals surface area contributed by atoms with E-state index in [0.29, 0.717) is 44.2 Å². The van der Waals surface area contributed by atoms with Gasteiger partial charge in [0.2, 0.25) is 11.8 Å². The first-order chi connectivity index (χ1) is 23.9. The fourth-order valence-electron chi connectivity index (χ4n) is 7.46. The van der Waals surface area contributed by atoms with E-state index in [-0.39, 0.29) is 29.9 Å². The summed E-state index contributed by atoms with van der Waals surface area (Å²) in [5, 5.41) is 2.97. The third-order valence-electron chi connectivity index (χ3n) is 10.0. The van der Waals surface area contributed by atoms with Crippen molar-refractivity contribution in [3.05, 3.63) is 102 Å². The Bertz CT molecular complexity index is 1760. The number of carbonyl (C=O) groups is 4. The zero-order chi connectivity index (χ0) is 35.9. The largest absolute Gasteiger partial charge is 0.467 e. The minimum Gasteiger partial charge on any atom is -0.467 e. The summed E-state index contributed by atoms with van der Waals surface area (Å²) in [4.78, 5) is 57.4. The second kappa shape index (κ2) is 16.0. The molecule has 11 heteroatoms. The Balaban J connectivity index is 1.36. The van der Waals surface area contributed by atoms with Gasteiger partial charge in [-0.25, -0.2) is 13.2 Å². The highest BCUT2D eigenvalue weighted by Crippen LogP contribution is 2.43. The van der Waals surface area contributed by atoms with E-state index < -0.39 is 39.5 Å². The van der Waals surface area contributed by atoms with Crippen LogP contribution in [-0.2, 0) is 46.6 Å². The molecule has 3 aromatic carbocycles. The molecule has 50 heavy (non-hydrogen) atoms. The standard InChI is InChI=1S/C39H47N3O7S/c1-28(43)41-34(27-29-14-6-4-7-15-29)36(44)42(35(41)31-16-8-5-9-17-31)32-20-18-30(19-21-32)26-33(37(45)49-2)40-38(46)39(22-10-11-23-39)24-12-13-25-50(3,47)48/h4-9,14-21,33-35H,10-13,22-27H2,1-3H3,(H,40,46)/t33-,34?,35?/m0/s1. The van der Waals surface area contributed by atoms with Crippen molar-refractivity contribution in [2.24, 2.45) is 5.41 Å². The SMILES string of the molecule is COC(=O)[C@H](Cc1ccc(N2C(=O)C(Cc3ccccc3)N(C(C)=O)C2c2ccccc2)cc1)NC(=O)C1(CCCCS(C)(=O)=O)CCCC1. The van der Waals surface area contributed by atoms with Crippen molar-refractivity contribution in [3.63, 3.8) is 0 Å². The number of hydrogen-bond donors (Lipinski definition) is 1. The van der Waals surface area contributed by atoms with Gasteiger partial charge in [0.1, 0.15) is 28.1 Å². The van der Waals surface area contributed by atoms with Gasteiger partial charge in [-0.3, -0.25) is 19.3 Å². The molecular formula is C39H47N3O7S. The van der Waals surface area contributed by atoms with E-state index >= 15 is 0 Å². The Hall–Kier alpha value is -4.51. The smallest absolute Gasteiger partial charge is 0.328 e. The Labute approximate surface area is 295 Å². The number of sulfone groups is 1. The van der Waals surface area contributed by atoms with Crippen LogP contribution in [0.1, 0.15) is 74.7 Å². The van der Waals surface area contributed by atoms with Crippen molar-refractivity contribution in [2.45, 2.75) is 83.0 Å². The lowest BCUT2D eigenvalue weighted by molar-refractivity contribution is -0.146. The van der Waals surface area contributed by atoms with Crippen molar-refractivity contribution in [1.82, 2.24) is 10.2 Å². The lowest BCUT2D eigenvalue weighted by Crippen LogP contribution is -2.49. The molecule has 2 unspecified atom stereocenters. The number of methoxy groups -OCH3 is 1. The number of anilines is 1. The summed E-state index contributed by atoms with van der Waals surface area (Å²) in [6.45, 7) is 1.49. The van der Waals surface area contributed by atoms with Crippen LogP contribution >= 0.6 is 0 Å². The van der Waals surface area contributed by atoms with E-state index in [2.05, 4.69) is 5.32 Å². The van der Waals surface area contributed by atoms with Crippen LogP contribution in [0.5, 0.6) is 0 Å². The fraction of sp³-hybridized carbons (Fsp3) is 0.436. The lowest BCUT2D eigenvalue weighted by atomic mass is 9.80.